The summed E-state index contributed by atoms with van der Waals surface area (Å²) in [7, 11) is 0. The van der Waals surface area contributed by atoms with Crippen LogP contribution < -0.4 is 11.1 Å². The fourth-order valence-corrected chi connectivity index (χ4v) is 1.93. The van der Waals surface area contributed by atoms with Crippen molar-refractivity contribution in [3.63, 3.8) is 0 Å². The quantitative estimate of drug-likeness (QED) is 0.839. The second-order valence-corrected chi connectivity index (χ2v) is 6.46. The summed E-state index contributed by atoms with van der Waals surface area (Å²) in [6.45, 7) is 12.8. The monoisotopic (exact) mass is 248 g/mol. The zero-order valence-corrected chi connectivity index (χ0v) is 12.5. The van der Waals surface area contributed by atoms with E-state index in [2.05, 4.69) is 64.2 Å². The maximum atomic E-state index is 5.85. The molecule has 0 aromatic heterocycles. The second-order valence-electron chi connectivity index (χ2n) is 6.46. The van der Waals surface area contributed by atoms with Gasteiger partial charge >= 0.3 is 0 Å². The third-order valence-electron chi connectivity index (χ3n) is 3.19. The van der Waals surface area contributed by atoms with Gasteiger partial charge in [-0.15, -0.1) is 0 Å². The fourth-order valence-electron chi connectivity index (χ4n) is 1.93. The molecule has 0 saturated heterocycles. The van der Waals surface area contributed by atoms with Crippen LogP contribution in [0.3, 0.4) is 0 Å². The van der Waals surface area contributed by atoms with Crippen LogP contribution in [0, 0.1) is 5.92 Å². The van der Waals surface area contributed by atoms with Gasteiger partial charge in [-0.2, -0.15) is 0 Å². The van der Waals surface area contributed by atoms with Crippen LogP contribution in [-0.4, -0.2) is 13.1 Å². The van der Waals surface area contributed by atoms with Gasteiger partial charge in [0.15, 0.2) is 0 Å². The van der Waals surface area contributed by atoms with Crippen molar-refractivity contribution in [2.45, 2.75) is 46.1 Å². The van der Waals surface area contributed by atoms with E-state index in [-0.39, 0.29) is 11.5 Å². The van der Waals surface area contributed by atoms with E-state index in [1.165, 1.54) is 11.1 Å². The van der Waals surface area contributed by atoms with Crippen molar-refractivity contribution in [2.24, 2.45) is 11.7 Å². The molecule has 3 N–H and O–H groups in total. The van der Waals surface area contributed by atoms with Crippen LogP contribution in [0.25, 0.3) is 0 Å². The molecule has 2 nitrogen and oxygen atoms in total. The smallest absolute Gasteiger partial charge is 0.0444 e. The molecule has 0 amide bonds. The number of rotatable bonds is 5. The van der Waals surface area contributed by atoms with Crippen molar-refractivity contribution in [3.05, 3.63) is 35.4 Å². The molecule has 0 aliphatic rings. The molecule has 0 fully saturated rings. The molecule has 18 heavy (non-hydrogen) atoms. The molecule has 1 atom stereocenters. The zero-order valence-electron chi connectivity index (χ0n) is 12.5. The standard InChI is InChI=1S/C16H28N2/c1-12(2)11-18-15(10-17)13-6-8-14(9-7-13)16(3,4)5/h6-9,12,15,18H,10-11,17H2,1-5H3. The van der Waals surface area contributed by atoms with Crippen LogP contribution in [0.1, 0.15) is 51.8 Å². The van der Waals surface area contributed by atoms with Crippen LogP contribution in [-0.2, 0) is 5.41 Å². The highest BCUT2D eigenvalue weighted by atomic mass is 14.9. The molecule has 0 aliphatic heterocycles. The summed E-state index contributed by atoms with van der Waals surface area (Å²) in [6, 6.07) is 9.10. The van der Waals surface area contributed by atoms with Crippen molar-refractivity contribution < 1.29 is 0 Å². The van der Waals surface area contributed by atoms with Crippen molar-refractivity contribution in [1.29, 1.82) is 0 Å². The Balaban J connectivity index is 2.76. The van der Waals surface area contributed by atoms with Gasteiger partial charge in [0, 0.05) is 12.6 Å². The van der Waals surface area contributed by atoms with Crippen molar-refractivity contribution in [2.75, 3.05) is 13.1 Å². The fraction of sp³-hybridized carbons (Fsp3) is 0.625. The van der Waals surface area contributed by atoms with Crippen molar-refractivity contribution in [3.8, 4) is 0 Å². The minimum atomic E-state index is 0.210. The normalized spacial score (nSPS) is 13.9. The molecule has 1 unspecified atom stereocenters. The van der Waals surface area contributed by atoms with Crippen molar-refractivity contribution in [1.82, 2.24) is 5.32 Å². The Labute approximate surface area is 112 Å². The summed E-state index contributed by atoms with van der Waals surface area (Å²) in [6.07, 6.45) is 0. The molecule has 1 aromatic carbocycles. The summed E-state index contributed by atoms with van der Waals surface area (Å²) in [5.41, 5.74) is 8.71. The molecule has 0 spiro atoms. The average molecular weight is 248 g/mol. The first-order valence-corrected chi connectivity index (χ1v) is 6.88. The lowest BCUT2D eigenvalue weighted by atomic mass is 9.86. The van der Waals surface area contributed by atoms with E-state index in [4.69, 9.17) is 5.73 Å². The maximum absolute atomic E-state index is 5.85. The summed E-state index contributed by atoms with van der Waals surface area (Å²) < 4.78 is 0. The van der Waals surface area contributed by atoms with E-state index in [1.807, 2.05) is 0 Å². The first kappa shape index (κ1) is 15.2. The Bertz CT molecular complexity index is 346. The molecule has 0 radical (unpaired) electrons. The highest BCUT2D eigenvalue weighted by Gasteiger charge is 2.15. The van der Waals surface area contributed by atoms with Gasteiger partial charge in [0.25, 0.3) is 0 Å². The lowest BCUT2D eigenvalue weighted by Gasteiger charge is -2.22. The van der Waals surface area contributed by atoms with E-state index in [0.717, 1.165) is 6.54 Å². The van der Waals surface area contributed by atoms with Gasteiger partial charge in [0.05, 0.1) is 0 Å². The third kappa shape index (κ3) is 4.43. The topological polar surface area (TPSA) is 38.0 Å². The lowest BCUT2D eigenvalue weighted by molar-refractivity contribution is 0.478. The Kier molecular flexibility index (Phi) is 5.36. The number of hydrogen-bond donors (Lipinski definition) is 2. The highest BCUT2D eigenvalue weighted by molar-refractivity contribution is 5.29. The number of nitrogens with one attached hydrogen (secondary N) is 1. The minimum Gasteiger partial charge on any atom is -0.329 e. The van der Waals surface area contributed by atoms with Gasteiger partial charge in [0.2, 0.25) is 0 Å². The predicted molar refractivity (Wildman–Crippen MR) is 79.8 cm³/mol. The lowest BCUT2D eigenvalue weighted by Crippen LogP contribution is -2.31. The van der Waals surface area contributed by atoms with Crippen LogP contribution in [0.2, 0.25) is 0 Å². The van der Waals surface area contributed by atoms with Gasteiger partial charge in [-0.25, -0.2) is 0 Å². The number of benzene rings is 1. The molecule has 102 valence electrons. The highest BCUT2D eigenvalue weighted by Crippen LogP contribution is 2.23. The number of hydrogen-bond acceptors (Lipinski definition) is 2. The van der Waals surface area contributed by atoms with E-state index < -0.39 is 0 Å². The average Bonchev–Trinajstić information content (AvgIpc) is 2.29. The molecular formula is C16H28N2. The van der Waals surface area contributed by atoms with Crippen LogP contribution >= 0.6 is 0 Å². The van der Waals surface area contributed by atoms with Crippen LogP contribution in [0.4, 0.5) is 0 Å². The van der Waals surface area contributed by atoms with Gasteiger partial charge in [-0.05, 0) is 29.0 Å². The van der Waals surface area contributed by atoms with E-state index >= 15 is 0 Å². The van der Waals surface area contributed by atoms with E-state index in [9.17, 15) is 0 Å². The second kappa shape index (κ2) is 6.35. The van der Waals surface area contributed by atoms with Gasteiger partial charge in [-0.1, -0.05) is 58.9 Å². The van der Waals surface area contributed by atoms with E-state index in [1.54, 1.807) is 0 Å². The van der Waals surface area contributed by atoms with Gasteiger partial charge < -0.3 is 11.1 Å². The number of nitrogens with two attached hydrogens (primary N) is 1. The Morgan fingerprint density at radius 2 is 1.67 bits per heavy atom. The summed E-state index contributed by atoms with van der Waals surface area (Å²) in [4.78, 5) is 0. The maximum Gasteiger partial charge on any atom is 0.0444 e. The molecular weight excluding hydrogens is 220 g/mol. The first-order chi connectivity index (χ1) is 8.34. The summed E-state index contributed by atoms with van der Waals surface area (Å²) in [5.74, 6) is 0.646. The van der Waals surface area contributed by atoms with Gasteiger partial charge in [0.1, 0.15) is 0 Å². The Morgan fingerprint density at radius 3 is 2.06 bits per heavy atom. The Hall–Kier alpha value is -0.860. The molecule has 0 saturated carbocycles. The summed E-state index contributed by atoms with van der Waals surface area (Å²) in [5, 5.41) is 3.52. The molecule has 1 rings (SSSR count). The van der Waals surface area contributed by atoms with Crippen LogP contribution in [0.15, 0.2) is 24.3 Å². The first-order valence-electron chi connectivity index (χ1n) is 6.88. The van der Waals surface area contributed by atoms with Gasteiger partial charge in [-0.3, -0.25) is 0 Å². The van der Waals surface area contributed by atoms with Crippen molar-refractivity contribution >= 4 is 0 Å². The SMILES string of the molecule is CC(C)CNC(CN)c1ccc(C(C)(C)C)cc1. The zero-order chi connectivity index (χ0) is 13.8. The Morgan fingerprint density at radius 1 is 1.11 bits per heavy atom. The molecule has 0 aliphatic carbocycles. The third-order valence-corrected chi connectivity index (χ3v) is 3.19. The predicted octanol–water partition coefficient (Wildman–Crippen LogP) is 3.23. The van der Waals surface area contributed by atoms with E-state index in [0.29, 0.717) is 12.5 Å². The molecule has 0 bridgehead atoms. The molecule has 1 aromatic rings. The van der Waals surface area contributed by atoms with Crippen LogP contribution in [0.5, 0.6) is 0 Å². The molecule has 2 heteroatoms. The summed E-state index contributed by atoms with van der Waals surface area (Å²) >= 11 is 0. The minimum absolute atomic E-state index is 0.210. The largest absolute Gasteiger partial charge is 0.329 e. The molecule has 0 heterocycles.